The smallest absolute Gasteiger partial charge is 0.247 e. The zero-order chi connectivity index (χ0) is 29.0. The molecular formula is C28H36N4O8. The van der Waals surface area contributed by atoms with Crippen LogP contribution in [-0.4, -0.2) is 102 Å². The van der Waals surface area contributed by atoms with E-state index in [9.17, 15) is 30.0 Å². The summed E-state index contributed by atoms with van der Waals surface area (Å²) in [4.78, 5) is 27.5. The molecule has 1 amide bonds. The highest BCUT2D eigenvalue weighted by atomic mass is 16.5. The molecule has 0 bridgehead atoms. The minimum absolute atomic E-state index is 0.0241. The van der Waals surface area contributed by atoms with E-state index in [2.05, 4.69) is 22.1 Å². The van der Waals surface area contributed by atoms with E-state index < -0.39 is 48.1 Å². The molecule has 2 fully saturated rings. The van der Waals surface area contributed by atoms with Gasteiger partial charge in [0.05, 0.1) is 37.7 Å². The van der Waals surface area contributed by atoms with Gasteiger partial charge in [0, 0.05) is 49.1 Å². The minimum atomic E-state index is -2.35. The van der Waals surface area contributed by atoms with Crippen LogP contribution >= 0.6 is 0 Å². The van der Waals surface area contributed by atoms with Crippen molar-refractivity contribution in [1.29, 1.82) is 0 Å². The molecule has 0 aromatic heterocycles. The van der Waals surface area contributed by atoms with Crippen LogP contribution in [0.2, 0.25) is 0 Å². The molecule has 1 heterocycles. The van der Waals surface area contributed by atoms with E-state index in [1.807, 2.05) is 6.07 Å². The number of amides is 1. The molecule has 1 aliphatic carbocycles. The van der Waals surface area contributed by atoms with Crippen LogP contribution in [0.1, 0.15) is 16.8 Å². The second kappa shape index (κ2) is 12.3. The first-order valence-corrected chi connectivity index (χ1v) is 13.0. The molecule has 1 saturated carbocycles. The maximum absolute atomic E-state index is 13.7. The van der Waals surface area contributed by atoms with Crippen LogP contribution in [-0.2, 0) is 9.53 Å². The summed E-state index contributed by atoms with van der Waals surface area (Å²) in [6.07, 6.45) is -4.52. The average molecular weight is 557 g/mol. The molecule has 4 rings (SSSR count). The number of morpholine rings is 1. The number of benzene rings is 2. The van der Waals surface area contributed by atoms with Crippen molar-refractivity contribution in [3.05, 3.63) is 60.7 Å². The van der Waals surface area contributed by atoms with E-state index in [1.54, 1.807) is 18.2 Å². The number of Topliss-reactive ketones (excluding diaryl/α,β-unsaturated/α-hetero) is 1. The molecule has 216 valence electrons. The fourth-order valence-corrected chi connectivity index (χ4v) is 5.15. The molecule has 1 saturated heterocycles. The van der Waals surface area contributed by atoms with E-state index in [-0.39, 0.29) is 17.4 Å². The Hall–Kier alpha value is -3.52. The lowest BCUT2D eigenvalue weighted by Gasteiger charge is -2.46. The van der Waals surface area contributed by atoms with E-state index in [0.717, 1.165) is 11.8 Å². The highest BCUT2D eigenvalue weighted by Gasteiger charge is 2.56. The Morgan fingerprint density at radius 1 is 1.23 bits per heavy atom. The van der Waals surface area contributed by atoms with Crippen LogP contribution in [0, 0.1) is 0 Å². The number of ether oxygens (including phenoxy) is 2. The van der Waals surface area contributed by atoms with Crippen LogP contribution in [0.15, 0.2) is 55.1 Å². The van der Waals surface area contributed by atoms with Gasteiger partial charge in [-0.15, -0.1) is 0 Å². The Morgan fingerprint density at radius 3 is 2.70 bits per heavy atom. The topological polar surface area (TPSA) is 187 Å². The molecule has 2 aromatic rings. The number of carbonyl (C=O) groups is 2. The van der Waals surface area contributed by atoms with Crippen molar-refractivity contribution in [2.75, 3.05) is 48.9 Å². The Balaban J connectivity index is 1.65. The molecule has 1 aliphatic heterocycles. The number of aliphatic hydroxyl groups excluding tert-OH is 3. The number of aliphatic hydroxyl groups is 4. The summed E-state index contributed by atoms with van der Waals surface area (Å²) < 4.78 is 11.2. The van der Waals surface area contributed by atoms with Crippen molar-refractivity contribution in [2.24, 2.45) is 5.73 Å². The number of methoxy groups -OCH3 is 1. The third-order valence-electron chi connectivity index (χ3n) is 7.35. The molecule has 0 radical (unpaired) electrons. The molecule has 40 heavy (non-hydrogen) atoms. The second-order valence-electron chi connectivity index (χ2n) is 9.96. The van der Waals surface area contributed by atoms with Gasteiger partial charge in [0.15, 0.2) is 11.4 Å². The van der Waals surface area contributed by atoms with E-state index in [4.69, 9.17) is 15.2 Å². The number of nitrogens with zero attached hydrogens (tertiary/aromatic N) is 1. The summed E-state index contributed by atoms with van der Waals surface area (Å²) in [6.45, 7) is 5.55. The summed E-state index contributed by atoms with van der Waals surface area (Å²) in [6, 6.07) is 9.72. The zero-order valence-electron chi connectivity index (χ0n) is 22.2. The largest absolute Gasteiger partial charge is 0.495 e. The maximum atomic E-state index is 13.7. The van der Waals surface area contributed by atoms with Crippen LogP contribution in [0.25, 0.3) is 0 Å². The Kier molecular flexibility index (Phi) is 9.08. The van der Waals surface area contributed by atoms with Crippen molar-refractivity contribution in [3.63, 3.8) is 0 Å². The van der Waals surface area contributed by atoms with E-state index >= 15 is 0 Å². The average Bonchev–Trinajstić information content (AvgIpc) is 2.97. The first-order chi connectivity index (χ1) is 19.1. The first kappa shape index (κ1) is 29.5. The highest BCUT2D eigenvalue weighted by molar-refractivity contribution is 6.05. The van der Waals surface area contributed by atoms with Gasteiger partial charge in [0.2, 0.25) is 5.91 Å². The van der Waals surface area contributed by atoms with Crippen LogP contribution in [0.5, 0.6) is 5.75 Å². The lowest BCUT2D eigenvalue weighted by Crippen LogP contribution is -2.68. The number of anilines is 3. The molecule has 12 nitrogen and oxygen atoms in total. The van der Waals surface area contributed by atoms with Gasteiger partial charge in [-0.05, 0) is 30.3 Å². The van der Waals surface area contributed by atoms with Crippen LogP contribution in [0.3, 0.4) is 0 Å². The molecule has 2 aromatic carbocycles. The van der Waals surface area contributed by atoms with Crippen molar-refractivity contribution in [1.82, 2.24) is 0 Å². The highest BCUT2D eigenvalue weighted by Crippen LogP contribution is 2.38. The van der Waals surface area contributed by atoms with Crippen molar-refractivity contribution in [2.45, 2.75) is 42.5 Å². The number of hydrogen-bond acceptors (Lipinski definition) is 11. The summed E-state index contributed by atoms with van der Waals surface area (Å²) >= 11 is 0. The lowest BCUT2D eigenvalue weighted by atomic mass is 9.71. The molecular weight excluding hydrogens is 520 g/mol. The monoisotopic (exact) mass is 556 g/mol. The summed E-state index contributed by atoms with van der Waals surface area (Å²) in [7, 11) is 1.46. The van der Waals surface area contributed by atoms with Gasteiger partial charge in [-0.1, -0.05) is 18.7 Å². The van der Waals surface area contributed by atoms with Gasteiger partial charge in [-0.2, -0.15) is 0 Å². The van der Waals surface area contributed by atoms with Crippen molar-refractivity contribution < 1.29 is 39.5 Å². The molecule has 2 aliphatic rings. The summed E-state index contributed by atoms with van der Waals surface area (Å²) in [5.41, 5.74) is 4.92. The molecule has 0 spiro atoms. The van der Waals surface area contributed by atoms with Crippen LogP contribution < -0.4 is 26.0 Å². The number of rotatable bonds is 9. The SMILES string of the molecule is C=CC(=O)Nc1cccc(C(=O)[C@]2(O)C[C@@H](O)[C@H](O)[C@H](O)[C@@H]2Nc2ccc(N3CCO[C@@H](CN)C3)cc2OC)c1. The fraction of sp³-hybridized carbons (Fsp3) is 0.429. The number of ketones is 1. The van der Waals surface area contributed by atoms with Gasteiger partial charge in [-0.3, -0.25) is 9.59 Å². The van der Waals surface area contributed by atoms with Gasteiger partial charge >= 0.3 is 0 Å². The zero-order valence-corrected chi connectivity index (χ0v) is 22.2. The van der Waals surface area contributed by atoms with Crippen molar-refractivity contribution >= 4 is 28.8 Å². The lowest BCUT2D eigenvalue weighted by molar-refractivity contribution is -0.146. The number of hydrogen-bond donors (Lipinski definition) is 7. The Bertz CT molecular complexity index is 1240. The van der Waals surface area contributed by atoms with Crippen LogP contribution in [0.4, 0.5) is 17.1 Å². The van der Waals surface area contributed by atoms with Gasteiger partial charge in [-0.25, -0.2) is 0 Å². The summed E-state index contributed by atoms with van der Waals surface area (Å²) in [5.74, 6) is -0.938. The summed E-state index contributed by atoms with van der Waals surface area (Å²) in [5, 5.41) is 49.1. The third kappa shape index (κ3) is 5.97. The van der Waals surface area contributed by atoms with Gasteiger partial charge in [0.1, 0.15) is 18.0 Å². The number of nitrogens with two attached hydrogens (primary N) is 1. The molecule has 12 heteroatoms. The quantitative estimate of drug-likeness (QED) is 0.161. The Morgan fingerprint density at radius 2 is 2.00 bits per heavy atom. The normalized spacial score (nSPS) is 28.4. The molecule has 8 N–H and O–H groups in total. The Labute approximate surface area is 232 Å². The van der Waals surface area contributed by atoms with E-state index in [0.29, 0.717) is 37.7 Å². The molecule has 0 unspecified atom stereocenters. The van der Waals surface area contributed by atoms with Crippen molar-refractivity contribution in [3.8, 4) is 5.75 Å². The predicted molar refractivity (Wildman–Crippen MR) is 149 cm³/mol. The second-order valence-corrected chi connectivity index (χ2v) is 9.96. The standard InChI is InChI=1S/C28H36N4O8/c1-3-23(34)30-17-6-4-5-16(11-17)27(37)28(38)13-21(33)24(35)25(36)26(28)31-20-8-7-18(12-22(20)39-2)32-9-10-40-19(14-29)15-32/h3-8,11-12,19,21,24-26,31,33,35-36,38H,1,9-10,13-15,29H2,2H3,(H,30,34)/t19-,21+,24-,25-,26-,28-/m0/s1. The first-order valence-electron chi connectivity index (χ1n) is 13.0. The number of carbonyl (C=O) groups excluding carboxylic acids is 2. The number of nitrogens with one attached hydrogen (secondary N) is 2. The third-order valence-corrected chi connectivity index (χ3v) is 7.35. The van der Waals surface area contributed by atoms with Gasteiger partial charge < -0.3 is 51.2 Å². The predicted octanol–water partition coefficient (Wildman–Crippen LogP) is -0.135. The van der Waals surface area contributed by atoms with E-state index in [1.165, 1.54) is 25.3 Å². The molecule has 6 atom stereocenters. The maximum Gasteiger partial charge on any atom is 0.247 e. The van der Waals surface area contributed by atoms with Gasteiger partial charge in [0.25, 0.3) is 0 Å². The fourth-order valence-electron chi connectivity index (χ4n) is 5.15. The minimum Gasteiger partial charge on any atom is -0.495 e.